The molecule has 32 heavy (non-hydrogen) atoms. The zero-order chi connectivity index (χ0) is 23.1. The summed E-state index contributed by atoms with van der Waals surface area (Å²) in [6, 6.07) is 12.6. The van der Waals surface area contributed by atoms with Gasteiger partial charge in [0, 0.05) is 42.4 Å². The topological polar surface area (TPSA) is 99.3 Å². The Bertz CT molecular complexity index is 1100. The number of hydrogen-bond donors (Lipinski definition) is 1. The van der Waals surface area contributed by atoms with Crippen molar-refractivity contribution in [1.29, 1.82) is 0 Å². The molecular weight excluding hydrogens is 428 g/mol. The van der Waals surface area contributed by atoms with E-state index in [2.05, 4.69) is 28.7 Å². The first-order valence-electron chi connectivity index (χ1n) is 10.2. The van der Waals surface area contributed by atoms with Gasteiger partial charge in [-0.1, -0.05) is 32.0 Å². The summed E-state index contributed by atoms with van der Waals surface area (Å²) >= 11 is 1.39. The van der Waals surface area contributed by atoms with Gasteiger partial charge in [-0.2, -0.15) is 0 Å². The van der Waals surface area contributed by atoms with Crippen molar-refractivity contribution in [3.63, 3.8) is 0 Å². The van der Waals surface area contributed by atoms with Gasteiger partial charge in [-0.3, -0.25) is 14.9 Å². The second kappa shape index (κ2) is 10.8. The SMILES string of the molecule is COc1ccc(CSCC(=O)Nc2cccc(Cn3ccnc3C(C)C)c2)cc1[N+](=O)[O-]. The number of nitrogens with one attached hydrogen (secondary N) is 1. The molecule has 1 aromatic heterocycles. The van der Waals surface area contributed by atoms with E-state index in [-0.39, 0.29) is 23.1 Å². The molecule has 1 heterocycles. The van der Waals surface area contributed by atoms with E-state index in [0.29, 0.717) is 18.2 Å². The Balaban J connectivity index is 1.54. The van der Waals surface area contributed by atoms with Gasteiger partial charge in [0.1, 0.15) is 5.82 Å². The highest BCUT2D eigenvalue weighted by Crippen LogP contribution is 2.29. The second-order valence-corrected chi connectivity index (χ2v) is 8.56. The van der Waals surface area contributed by atoms with Gasteiger partial charge in [0.2, 0.25) is 5.91 Å². The summed E-state index contributed by atoms with van der Waals surface area (Å²) in [5, 5.41) is 14.1. The van der Waals surface area contributed by atoms with Crippen LogP contribution >= 0.6 is 11.8 Å². The summed E-state index contributed by atoms with van der Waals surface area (Å²) < 4.78 is 7.12. The molecule has 0 aliphatic rings. The molecule has 0 bridgehead atoms. The van der Waals surface area contributed by atoms with Crippen molar-refractivity contribution in [2.45, 2.75) is 32.1 Å². The third kappa shape index (κ3) is 6.10. The van der Waals surface area contributed by atoms with Crippen LogP contribution in [-0.2, 0) is 17.1 Å². The van der Waals surface area contributed by atoms with Crippen molar-refractivity contribution in [1.82, 2.24) is 9.55 Å². The van der Waals surface area contributed by atoms with Crippen LogP contribution in [0.15, 0.2) is 54.9 Å². The molecular formula is C23H26N4O4S. The maximum atomic E-state index is 12.4. The molecule has 0 atom stereocenters. The zero-order valence-electron chi connectivity index (χ0n) is 18.3. The van der Waals surface area contributed by atoms with Gasteiger partial charge in [0.25, 0.3) is 0 Å². The van der Waals surface area contributed by atoms with E-state index < -0.39 is 4.92 Å². The molecule has 0 aliphatic heterocycles. The smallest absolute Gasteiger partial charge is 0.311 e. The number of rotatable bonds is 10. The number of nitro benzene ring substituents is 1. The Morgan fingerprint density at radius 1 is 1.25 bits per heavy atom. The molecule has 1 amide bonds. The third-order valence-electron chi connectivity index (χ3n) is 4.77. The first kappa shape index (κ1) is 23.3. The fourth-order valence-electron chi connectivity index (χ4n) is 3.33. The van der Waals surface area contributed by atoms with Crippen LogP contribution < -0.4 is 10.1 Å². The average Bonchev–Trinajstić information content (AvgIpc) is 3.22. The Kier molecular flexibility index (Phi) is 7.88. The highest BCUT2D eigenvalue weighted by atomic mass is 32.2. The number of carbonyl (C=O) groups excluding carboxylic acids is 1. The van der Waals surface area contributed by atoms with Gasteiger partial charge in [0.15, 0.2) is 5.75 Å². The lowest BCUT2D eigenvalue weighted by Gasteiger charge is -2.12. The minimum Gasteiger partial charge on any atom is -0.490 e. The number of ether oxygens (including phenoxy) is 1. The van der Waals surface area contributed by atoms with Crippen molar-refractivity contribution in [3.8, 4) is 5.75 Å². The third-order valence-corrected chi connectivity index (χ3v) is 5.77. The van der Waals surface area contributed by atoms with Crippen molar-refractivity contribution >= 4 is 29.0 Å². The fourth-order valence-corrected chi connectivity index (χ4v) is 4.10. The highest BCUT2D eigenvalue weighted by Gasteiger charge is 2.15. The molecule has 3 rings (SSSR count). The first-order valence-corrected chi connectivity index (χ1v) is 11.3. The van der Waals surface area contributed by atoms with E-state index in [1.165, 1.54) is 24.9 Å². The standard InChI is InChI=1S/C23H26N4O4S/c1-16(2)23-24-9-10-26(23)13-17-5-4-6-19(11-17)25-22(28)15-32-14-18-7-8-21(31-3)20(12-18)27(29)30/h4-12,16H,13-15H2,1-3H3,(H,25,28). The predicted molar refractivity (Wildman–Crippen MR) is 126 cm³/mol. The molecule has 0 spiro atoms. The van der Waals surface area contributed by atoms with Crippen LogP contribution in [0.1, 0.15) is 36.7 Å². The predicted octanol–water partition coefficient (Wildman–Crippen LogP) is 4.84. The molecule has 2 aromatic carbocycles. The van der Waals surface area contributed by atoms with Crippen molar-refractivity contribution in [3.05, 3.63) is 81.9 Å². The number of nitrogens with zero attached hydrogens (tertiary/aromatic N) is 3. The summed E-state index contributed by atoms with van der Waals surface area (Å²) in [5.74, 6) is 2.17. The second-order valence-electron chi connectivity index (χ2n) is 7.57. The average molecular weight is 455 g/mol. The molecule has 3 aromatic rings. The summed E-state index contributed by atoms with van der Waals surface area (Å²) in [7, 11) is 1.40. The number of aromatic nitrogens is 2. The van der Waals surface area contributed by atoms with Crippen LogP contribution in [0.5, 0.6) is 5.75 Å². The summed E-state index contributed by atoms with van der Waals surface area (Å²) in [6.45, 7) is 4.90. The fraction of sp³-hybridized carbons (Fsp3) is 0.304. The van der Waals surface area contributed by atoms with Crippen molar-refractivity contribution in [2.75, 3.05) is 18.2 Å². The quantitative estimate of drug-likeness (QED) is 0.347. The van der Waals surface area contributed by atoms with E-state index in [4.69, 9.17) is 4.74 Å². The normalized spacial score (nSPS) is 10.9. The minimum atomic E-state index is -0.472. The lowest BCUT2D eigenvalue weighted by molar-refractivity contribution is -0.385. The number of hydrogen-bond acceptors (Lipinski definition) is 6. The van der Waals surface area contributed by atoms with E-state index in [0.717, 1.165) is 22.6 Å². The number of anilines is 1. The lowest BCUT2D eigenvalue weighted by atomic mass is 10.1. The monoisotopic (exact) mass is 454 g/mol. The first-order chi connectivity index (χ1) is 15.4. The number of benzene rings is 2. The number of imidazole rings is 1. The van der Waals surface area contributed by atoms with E-state index >= 15 is 0 Å². The van der Waals surface area contributed by atoms with Crippen LogP contribution in [0, 0.1) is 10.1 Å². The molecule has 0 aliphatic carbocycles. The molecule has 8 nitrogen and oxygen atoms in total. The minimum absolute atomic E-state index is 0.0783. The van der Waals surface area contributed by atoms with Crippen molar-refractivity contribution < 1.29 is 14.5 Å². The summed E-state index contributed by atoms with van der Waals surface area (Å²) in [4.78, 5) is 27.5. The molecule has 0 radical (unpaired) electrons. The molecule has 0 unspecified atom stereocenters. The van der Waals surface area contributed by atoms with Crippen LogP contribution in [0.2, 0.25) is 0 Å². The van der Waals surface area contributed by atoms with Gasteiger partial charge >= 0.3 is 5.69 Å². The van der Waals surface area contributed by atoms with Crippen LogP contribution in [-0.4, -0.2) is 33.2 Å². The van der Waals surface area contributed by atoms with E-state index in [1.807, 2.05) is 30.5 Å². The zero-order valence-corrected chi connectivity index (χ0v) is 19.1. The van der Waals surface area contributed by atoms with E-state index in [1.54, 1.807) is 18.3 Å². The Morgan fingerprint density at radius 2 is 2.06 bits per heavy atom. The van der Waals surface area contributed by atoms with E-state index in [9.17, 15) is 14.9 Å². The van der Waals surface area contributed by atoms with Gasteiger partial charge in [0.05, 0.1) is 17.8 Å². The molecule has 0 saturated carbocycles. The summed E-state index contributed by atoms with van der Waals surface area (Å²) in [6.07, 6.45) is 3.76. The highest BCUT2D eigenvalue weighted by molar-refractivity contribution is 7.99. The van der Waals surface area contributed by atoms with Crippen LogP contribution in [0.25, 0.3) is 0 Å². The van der Waals surface area contributed by atoms with Gasteiger partial charge in [-0.25, -0.2) is 4.98 Å². The Labute approximate surface area is 191 Å². The Morgan fingerprint density at radius 3 is 2.78 bits per heavy atom. The molecule has 0 fully saturated rings. The maximum absolute atomic E-state index is 12.4. The molecule has 168 valence electrons. The largest absolute Gasteiger partial charge is 0.490 e. The number of thioether (sulfide) groups is 1. The Hall–Kier alpha value is -3.33. The van der Waals surface area contributed by atoms with Crippen LogP contribution in [0.4, 0.5) is 11.4 Å². The lowest BCUT2D eigenvalue weighted by Crippen LogP contribution is -2.14. The molecule has 1 N–H and O–H groups in total. The number of carbonyl (C=O) groups is 1. The number of amides is 1. The van der Waals surface area contributed by atoms with Gasteiger partial charge in [-0.15, -0.1) is 11.8 Å². The van der Waals surface area contributed by atoms with Crippen LogP contribution in [0.3, 0.4) is 0 Å². The maximum Gasteiger partial charge on any atom is 0.311 e. The number of methoxy groups -OCH3 is 1. The van der Waals surface area contributed by atoms with Crippen molar-refractivity contribution in [2.24, 2.45) is 0 Å². The molecule has 9 heteroatoms. The molecule has 0 saturated heterocycles. The van der Waals surface area contributed by atoms with Gasteiger partial charge in [-0.05, 0) is 29.3 Å². The summed E-state index contributed by atoms with van der Waals surface area (Å²) in [5.41, 5.74) is 2.49. The van der Waals surface area contributed by atoms with Gasteiger partial charge < -0.3 is 14.6 Å². The number of nitro groups is 1.